The molecule has 0 aliphatic rings. The fraction of sp³-hybridized carbons (Fsp3) is 0.312. The van der Waals surface area contributed by atoms with Crippen LogP contribution in [0.5, 0.6) is 5.75 Å². The molecule has 0 saturated heterocycles. The van der Waals surface area contributed by atoms with E-state index >= 15 is 0 Å². The highest BCUT2D eigenvalue weighted by Gasteiger charge is 2.08. The van der Waals surface area contributed by atoms with Crippen LogP contribution in [0, 0.1) is 24.6 Å². The highest BCUT2D eigenvalue weighted by atomic mass is 19.1. The van der Waals surface area contributed by atoms with Gasteiger partial charge in [-0.2, -0.15) is 5.10 Å². The van der Waals surface area contributed by atoms with Crippen molar-refractivity contribution in [1.82, 2.24) is 9.78 Å². The standard InChI is InChI=1S/C16H18FN3O/c1-3-20-14(9-12(2)19-20)11-21-16-10-13(5-4-8-18)6-7-15(16)17/h6-7,9-10H,3,8,11,18H2,1-2H3. The minimum atomic E-state index is -0.410. The van der Waals surface area contributed by atoms with Gasteiger partial charge >= 0.3 is 0 Å². The van der Waals surface area contributed by atoms with Crippen molar-refractivity contribution in [3.63, 3.8) is 0 Å². The molecule has 1 aromatic carbocycles. The number of rotatable bonds is 4. The van der Waals surface area contributed by atoms with Crippen molar-refractivity contribution in [3.05, 3.63) is 47.0 Å². The van der Waals surface area contributed by atoms with Gasteiger partial charge in [0.25, 0.3) is 0 Å². The molecule has 21 heavy (non-hydrogen) atoms. The fourth-order valence-corrected chi connectivity index (χ4v) is 1.99. The zero-order valence-corrected chi connectivity index (χ0v) is 12.2. The fourth-order valence-electron chi connectivity index (χ4n) is 1.99. The number of aryl methyl sites for hydroxylation is 2. The molecule has 0 atom stereocenters. The van der Waals surface area contributed by atoms with Gasteiger partial charge in [-0.1, -0.05) is 11.8 Å². The Morgan fingerprint density at radius 3 is 2.90 bits per heavy atom. The number of nitrogens with zero attached hydrogens (tertiary/aromatic N) is 2. The summed E-state index contributed by atoms with van der Waals surface area (Å²) >= 11 is 0. The van der Waals surface area contributed by atoms with Crippen molar-refractivity contribution in [2.75, 3.05) is 6.54 Å². The molecule has 1 aromatic heterocycles. The molecular formula is C16H18FN3O. The lowest BCUT2D eigenvalue weighted by molar-refractivity contribution is 0.278. The minimum absolute atomic E-state index is 0.181. The minimum Gasteiger partial charge on any atom is -0.484 e. The molecule has 110 valence electrons. The van der Waals surface area contributed by atoms with Crippen molar-refractivity contribution in [2.45, 2.75) is 27.0 Å². The van der Waals surface area contributed by atoms with Gasteiger partial charge in [0.15, 0.2) is 11.6 Å². The summed E-state index contributed by atoms with van der Waals surface area (Å²) in [6, 6.07) is 6.46. The van der Waals surface area contributed by atoms with E-state index in [4.69, 9.17) is 10.5 Å². The van der Waals surface area contributed by atoms with E-state index in [-0.39, 0.29) is 18.9 Å². The van der Waals surface area contributed by atoms with E-state index in [1.165, 1.54) is 6.07 Å². The summed E-state index contributed by atoms with van der Waals surface area (Å²) in [6.07, 6.45) is 0. The van der Waals surface area contributed by atoms with Crippen LogP contribution in [-0.4, -0.2) is 16.3 Å². The normalized spacial score (nSPS) is 10.1. The molecule has 0 spiro atoms. The van der Waals surface area contributed by atoms with Gasteiger partial charge in [0.2, 0.25) is 0 Å². The first-order valence-corrected chi connectivity index (χ1v) is 6.78. The molecule has 2 aromatic rings. The number of halogens is 1. The van der Waals surface area contributed by atoms with Crippen LogP contribution in [0.4, 0.5) is 4.39 Å². The van der Waals surface area contributed by atoms with E-state index in [2.05, 4.69) is 16.9 Å². The molecule has 2 N–H and O–H groups in total. The number of nitrogens with two attached hydrogens (primary N) is 1. The van der Waals surface area contributed by atoms with E-state index in [9.17, 15) is 4.39 Å². The lowest BCUT2D eigenvalue weighted by Crippen LogP contribution is -2.06. The first kappa shape index (κ1) is 15.1. The molecule has 4 nitrogen and oxygen atoms in total. The quantitative estimate of drug-likeness (QED) is 0.877. The molecule has 2 rings (SSSR count). The Balaban J connectivity index is 2.15. The molecule has 5 heteroatoms. The third-order valence-corrected chi connectivity index (χ3v) is 2.93. The molecule has 0 amide bonds. The van der Waals surface area contributed by atoms with E-state index in [1.807, 2.05) is 24.6 Å². The van der Waals surface area contributed by atoms with Crippen LogP contribution in [0.3, 0.4) is 0 Å². The Labute approximate surface area is 123 Å². The maximum absolute atomic E-state index is 13.8. The Hall–Kier alpha value is -2.32. The molecule has 1 heterocycles. The van der Waals surface area contributed by atoms with E-state index in [0.29, 0.717) is 5.56 Å². The summed E-state index contributed by atoms with van der Waals surface area (Å²) in [4.78, 5) is 0. The van der Waals surface area contributed by atoms with Crippen LogP contribution in [0.15, 0.2) is 24.3 Å². The Morgan fingerprint density at radius 2 is 2.19 bits per heavy atom. The van der Waals surface area contributed by atoms with Crippen molar-refractivity contribution >= 4 is 0 Å². The largest absolute Gasteiger partial charge is 0.484 e. The number of hydrogen-bond acceptors (Lipinski definition) is 3. The zero-order valence-electron chi connectivity index (χ0n) is 12.2. The summed E-state index contributed by atoms with van der Waals surface area (Å²) in [6.45, 7) is 5.19. The molecule has 0 unspecified atom stereocenters. The third kappa shape index (κ3) is 3.83. The van der Waals surface area contributed by atoms with E-state index < -0.39 is 5.82 Å². The van der Waals surface area contributed by atoms with Gasteiger partial charge in [-0.25, -0.2) is 4.39 Å². The number of ether oxygens (including phenoxy) is 1. The topological polar surface area (TPSA) is 53.1 Å². The van der Waals surface area contributed by atoms with Crippen LogP contribution in [0.1, 0.15) is 23.9 Å². The zero-order chi connectivity index (χ0) is 15.2. The average molecular weight is 287 g/mol. The maximum Gasteiger partial charge on any atom is 0.165 e. The first-order valence-electron chi connectivity index (χ1n) is 6.78. The molecule has 0 fully saturated rings. The Bertz CT molecular complexity index is 683. The SMILES string of the molecule is CCn1nc(C)cc1COc1cc(C#CCN)ccc1F. The van der Waals surface area contributed by atoms with Crippen LogP contribution < -0.4 is 10.5 Å². The van der Waals surface area contributed by atoms with Gasteiger partial charge in [0.05, 0.1) is 17.9 Å². The molecule has 0 saturated carbocycles. The molecule has 0 bridgehead atoms. The predicted octanol–water partition coefficient (Wildman–Crippen LogP) is 2.24. The molecule has 0 aliphatic carbocycles. The van der Waals surface area contributed by atoms with Gasteiger partial charge < -0.3 is 10.5 Å². The predicted molar refractivity (Wildman–Crippen MR) is 79.3 cm³/mol. The van der Waals surface area contributed by atoms with Crippen LogP contribution >= 0.6 is 0 Å². The van der Waals surface area contributed by atoms with Gasteiger partial charge in [0, 0.05) is 12.1 Å². The molecule has 0 aliphatic heterocycles. The van der Waals surface area contributed by atoms with Gasteiger partial charge in [-0.05, 0) is 38.1 Å². The summed E-state index contributed by atoms with van der Waals surface area (Å²) in [5.41, 5.74) is 7.83. The highest BCUT2D eigenvalue weighted by Crippen LogP contribution is 2.20. The highest BCUT2D eigenvalue weighted by molar-refractivity contribution is 5.40. The van der Waals surface area contributed by atoms with Crippen molar-refractivity contribution in [3.8, 4) is 17.6 Å². The number of benzene rings is 1. The second-order valence-electron chi connectivity index (χ2n) is 4.53. The smallest absolute Gasteiger partial charge is 0.165 e. The second kappa shape index (κ2) is 6.91. The lowest BCUT2D eigenvalue weighted by atomic mass is 10.2. The Kier molecular flexibility index (Phi) is 4.96. The van der Waals surface area contributed by atoms with Crippen LogP contribution in [0.2, 0.25) is 0 Å². The maximum atomic E-state index is 13.8. The van der Waals surface area contributed by atoms with Gasteiger partial charge in [-0.3, -0.25) is 4.68 Å². The van der Waals surface area contributed by atoms with Gasteiger partial charge in [0.1, 0.15) is 6.61 Å². The summed E-state index contributed by atoms with van der Waals surface area (Å²) in [5, 5.41) is 4.33. The summed E-state index contributed by atoms with van der Waals surface area (Å²) in [7, 11) is 0. The monoisotopic (exact) mass is 287 g/mol. The Morgan fingerprint density at radius 1 is 1.38 bits per heavy atom. The van der Waals surface area contributed by atoms with Crippen LogP contribution in [0.25, 0.3) is 0 Å². The van der Waals surface area contributed by atoms with Crippen molar-refractivity contribution in [1.29, 1.82) is 0 Å². The van der Waals surface area contributed by atoms with E-state index in [1.54, 1.807) is 12.1 Å². The van der Waals surface area contributed by atoms with E-state index in [0.717, 1.165) is 17.9 Å². The van der Waals surface area contributed by atoms with Crippen molar-refractivity contribution in [2.24, 2.45) is 5.73 Å². The number of hydrogen-bond donors (Lipinski definition) is 1. The first-order chi connectivity index (χ1) is 10.1. The lowest BCUT2D eigenvalue weighted by Gasteiger charge is -2.09. The number of aromatic nitrogens is 2. The second-order valence-corrected chi connectivity index (χ2v) is 4.53. The summed E-state index contributed by atoms with van der Waals surface area (Å²) < 4.78 is 21.2. The van der Waals surface area contributed by atoms with Crippen molar-refractivity contribution < 1.29 is 9.13 Å². The van der Waals surface area contributed by atoms with Crippen LogP contribution in [-0.2, 0) is 13.2 Å². The third-order valence-electron chi connectivity index (χ3n) is 2.93. The molecular weight excluding hydrogens is 269 g/mol. The average Bonchev–Trinajstić information content (AvgIpc) is 2.85. The summed E-state index contributed by atoms with van der Waals surface area (Å²) in [5.74, 6) is 5.36. The van der Waals surface area contributed by atoms with Gasteiger partial charge in [-0.15, -0.1) is 0 Å². The molecule has 0 radical (unpaired) electrons.